The van der Waals surface area contributed by atoms with Crippen molar-refractivity contribution in [3.63, 3.8) is 0 Å². The monoisotopic (exact) mass is 227 g/mol. The lowest BCUT2D eigenvalue weighted by molar-refractivity contribution is 0.206. The summed E-state index contributed by atoms with van der Waals surface area (Å²) in [5.41, 5.74) is -0.0553. The van der Waals surface area contributed by atoms with Gasteiger partial charge in [-0.3, -0.25) is 5.32 Å². The molecule has 0 atom stereocenters. The molecule has 0 spiro atoms. The fraction of sp³-hybridized carbons (Fsp3) is 0.556. The van der Waals surface area contributed by atoms with Crippen LogP contribution in [0, 0.1) is 5.41 Å². The summed E-state index contributed by atoms with van der Waals surface area (Å²) in [6.07, 6.45) is 3.61. The van der Waals surface area contributed by atoms with Crippen LogP contribution in [0.15, 0.2) is 11.6 Å². The van der Waals surface area contributed by atoms with Gasteiger partial charge in [0.15, 0.2) is 5.13 Å². The van der Waals surface area contributed by atoms with E-state index in [0.717, 1.165) is 12.8 Å². The van der Waals surface area contributed by atoms with E-state index in [4.69, 9.17) is 5.11 Å². The summed E-state index contributed by atoms with van der Waals surface area (Å²) in [5, 5.41) is 16.8. The van der Waals surface area contributed by atoms with E-state index in [0.29, 0.717) is 11.7 Å². The molecular weight excluding hydrogens is 214 g/mol. The third-order valence-corrected chi connectivity index (χ3v) is 3.26. The molecule has 0 unspecified atom stereocenters. The molecule has 0 aliphatic heterocycles. The van der Waals surface area contributed by atoms with Gasteiger partial charge in [0, 0.05) is 23.5 Å². The van der Waals surface area contributed by atoms with Gasteiger partial charge in [0.05, 0.1) is 6.61 Å². The lowest BCUT2D eigenvalue weighted by Gasteiger charge is -2.12. The Morgan fingerprint density at radius 3 is 3.00 bits per heavy atom. The maximum absolute atomic E-state index is 11.4. The maximum Gasteiger partial charge on any atom is 0.321 e. The smallest absolute Gasteiger partial charge is 0.321 e. The van der Waals surface area contributed by atoms with Crippen molar-refractivity contribution in [1.29, 1.82) is 0 Å². The van der Waals surface area contributed by atoms with Crippen molar-refractivity contribution in [2.24, 2.45) is 5.41 Å². The zero-order valence-corrected chi connectivity index (χ0v) is 9.01. The third kappa shape index (κ3) is 2.66. The number of nitrogens with zero attached hydrogens (tertiary/aromatic N) is 1. The molecule has 1 aliphatic carbocycles. The van der Waals surface area contributed by atoms with Crippen molar-refractivity contribution in [3.8, 4) is 0 Å². The van der Waals surface area contributed by atoms with Crippen LogP contribution in [0.4, 0.5) is 9.93 Å². The number of aliphatic hydroxyl groups is 1. The minimum atomic E-state index is -0.260. The number of nitrogens with one attached hydrogen (secondary N) is 2. The molecule has 1 heterocycles. The molecule has 1 aromatic heterocycles. The molecular formula is C9H13N3O2S. The van der Waals surface area contributed by atoms with Crippen molar-refractivity contribution in [2.45, 2.75) is 12.8 Å². The fourth-order valence-electron chi connectivity index (χ4n) is 1.26. The van der Waals surface area contributed by atoms with Crippen LogP contribution in [0.3, 0.4) is 0 Å². The number of carbonyl (C=O) groups is 1. The molecule has 1 saturated carbocycles. The first-order valence-corrected chi connectivity index (χ1v) is 5.67. The molecule has 1 aliphatic rings. The predicted molar refractivity (Wildman–Crippen MR) is 57.9 cm³/mol. The maximum atomic E-state index is 11.4. The number of anilines is 1. The second-order valence-electron chi connectivity index (χ2n) is 3.80. The van der Waals surface area contributed by atoms with Gasteiger partial charge in [-0.05, 0) is 12.8 Å². The normalized spacial score (nSPS) is 17.1. The second kappa shape index (κ2) is 4.16. The Bertz CT molecular complexity index is 335. The topological polar surface area (TPSA) is 74.2 Å². The largest absolute Gasteiger partial charge is 0.396 e. The number of carbonyl (C=O) groups excluding carboxylic acids is 1. The van der Waals surface area contributed by atoms with Crippen LogP contribution >= 0.6 is 11.3 Å². The Balaban J connectivity index is 1.74. The molecule has 6 heteroatoms. The summed E-state index contributed by atoms with van der Waals surface area (Å²) < 4.78 is 0. The highest BCUT2D eigenvalue weighted by Crippen LogP contribution is 2.44. The number of rotatable bonds is 4. The van der Waals surface area contributed by atoms with Gasteiger partial charge in [-0.25, -0.2) is 9.78 Å². The van der Waals surface area contributed by atoms with Gasteiger partial charge in [-0.2, -0.15) is 0 Å². The van der Waals surface area contributed by atoms with Gasteiger partial charge in [-0.1, -0.05) is 0 Å². The summed E-state index contributed by atoms with van der Waals surface area (Å²) in [4.78, 5) is 15.3. The third-order valence-electron chi connectivity index (χ3n) is 2.57. The standard InChI is InChI=1S/C9H13N3O2S/c13-6-9(1-2-9)5-11-7(14)12-8-10-3-4-15-8/h3-4,13H,1-2,5-6H2,(H2,10,11,12,14). The van der Waals surface area contributed by atoms with Crippen LogP contribution in [0.2, 0.25) is 0 Å². The summed E-state index contributed by atoms with van der Waals surface area (Å²) in [5.74, 6) is 0. The highest BCUT2D eigenvalue weighted by atomic mass is 32.1. The number of thiazole rings is 1. The number of aromatic nitrogens is 1. The van der Waals surface area contributed by atoms with E-state index in [2.05, 4.69) is 15.6 Å². The number of hydrogen-bond acceptors (Lipinski definition) is 4. The molecule has 15 heavy (non-hydrogen) atoms. The highest BCUT2D eigenvalue weighted by molar-refractivity contribution is 7.13. The summed E-state index contributed by atoms with van der Waals surface area (Å²) in [7, 11) is 0. The Morgan fingerprint density at radius 2 is 2.47 bits per heavy atom. The van der Waals surface area contributed by atoms with E-state index in [-0.39, 0.29) is 18.1 Å². The summed E-state index contributed by atoms with van der Waals surface area (Å²) in [6.45, 7) is 0.672. The molecule has 2 rings (SSSR count). The van der Waals surface area contributed by atoms with E-state index in [1.807, 2.05) is 0 Å². The Morgan fingerprint density at radius 1 is 1.67 bits per heavy atom. The summed E-state index contributed by atoms with van der Waals surface area (Å²) in [6, 6.07) is -0.260. The molecule has 1 fully saturated rings. The molecule has 3 N–H and O–H groups in total. The van der Waals surface area contributed by atoms with Crippen molar-refractivity contribution in [1.82, 2.24) is 10.3 Å². The van der Waals surface area contributed by atoms with E-state index in [9.17, 15) is 4.79 Å². The van der Waals surface area contributed by atoms with Crippen LogP contribution < -0.4 is 10.6 Å². The quantitative estimate of drug-likeness (QED) is 0.719. The number of hydrogen-bond donors (Lipinski definition) is 3. The number of amides is 2. The van der Waals surface area contributed by atoms with Gasteiger partial charge in [-0.15, -0.1) is 11.3 Å². The Labute approximate surface area is 91.5 Å². The van der Waals surface area contributed by atoms with Crippen molar-refractivity contribution < 1.29 is 9.90 Å². The van der Waals surface area contributed by atoms with Gasteiger partial charge in [0.1, 0.15) is 0 Å². The summed E-state index contributed by atoms with van der Waals surface area (Å²) >= 11 is 1.37. The Hall–Kier alpha value is -1.14. The van der Waals surface area contributed by atoms with Crippen molar-refractivity contribution >= 4 is 22.5 Å². The second-order valence-corrected chi connectivity index (χ2v) is 4.70. The molecule has 0 aromatic carbocycles. The first-order chi connectivity index (χ1) is 7.24. The van der Waals surface area contributed by atoms with E-state index >= 15 is 0 Å². The van der Waals surface area contributed by atoms with Crippen LogP contribution in [0.1, 0.15) is 12.8 Å². The molecule has 0 bridgehead atoms. The zero-order chi connectivity index (χ0) is 10.7. The molecule has 0 saturated heterocycles. The minimum absolute atomic E-state index is 0.0553. The highest BCUT2D eigenvalue weighted by Gasteiger charge is 2.42. The van der Waals surface area contributed by atoms with Gasteiger partial charge in [0.25, 0.3) is 0 Å². The first-order valence-electron chi connectivity index (χ1n) is 4.79. The zero-order valence-electron chi connectivity index (χ0n) is 8.19. The fourth-order valence-corrected chi connectivity index (χ4v) is 1.79. The van der Waals surface area contributed by atoms with Gasteiger partial charge >= 0.3 is 6.03 Å². The minimum Gasteiger partial charge on any atom is -0.396 e. The van der Waals surface area contributed by atoms with E-state index in [1.165, 1.54) is 11.3 Å². The average molecular weight is 227 g/mol. The molecule has 0 radical (unpaired) electrons. The van der Waals surface area contributed by atoms with Crippen LogP contribution in [0.5, 0.6) is 0 Å². The van der Waals surface area contributed by atoms with Crippen LogP contribution in [0.25, 0.3) is 0 Å². The SMILES string of the molecule is O=C(NCC1(CO)CC1)Nc1nccs1. The average Bonchev–Trinajstić information content (AvgIpc) is 2.86. The first kappa shape index (κ1) is 10.4. The number of urea groups is 1. The molecule has 82 valence electrons. The molecule has 5 nitrogen and oxygen atoms in total. The molecule has 2 amide bonds. The van der Waals surface area contributed by atoms with Crippen molar-refractivity contribution in [2.75, 3.05) is 18.5 Å². The van der Waals surface area contributed by atoms with Crippen LogP contribution in [-0.2, 0) is 0 Å². The lowest BCUT2D eigenvalue weighted by atomic mass is 10.1. The molecule has 1 aromatic rings. The van der Waals surface area contributed by atoms with Crippen LogP contribution in [-0.4, -0.2) is 29.3 Å². The Kier molecular flexibility index (Phi) is 2.88. The van der Waals surface area contributed by atoms with Gasteiger partial charge in [0.2, 0.25) is 0 Å². The lowest BCUT2D eigenvalue weighted by Crippen LogP contribution is -2.35. The predicted octanol–water partition coefficient (Wildman–Crippen LogP) is 1.04. The van der Waals surface area contributed by atoms with Gasteiger partial charge < -0.3 is 10.4 Å². The van der Waals surface area contributed by atoms with E-state index < -0.39 is 0 Å². The van der Waals surface area contributed by atoms with Crippen molar-refractivity contribution in [3.05, 3.63) is 11.6 Å². The van der Waals surface area contributed by atoms with E-state index in [1.54, 1.807) is 11.6 Å². The number of aliphatic hydroxyl groups excluding tert-OH is 1.